The molecule has 0 amide bonds. The summed E-state index contributed by atoms with van der Waals surface area (Å²) in [6, 6.07) is 63.6. The first-order valence-electron chi connectivity index (χ1n) is 19.5. The molecule has 0 spiro atoms. The number of hydrogen-bond acceptors (Lipinski definition) is 3. The Morgan fingerprint density at radius 3 is 1.38 bits per heavy atom. The van der Waals surface area contributed by atoms with Crippen molar-refractivity contribution < 1.29 is 4.39 Å². The van der Waals surface area contributed by atoms with Crippen LogP contribution >= 0.6 is 0 Å². The van der Waals surface area contributed by atoms with Gasteiger partial charge in [0.1, 0.15) is 5.82 Å². The van der Waals surface area contributed by atoms with Gasteiger partial charge in [0.15, 0.2) is 17.5 Å². The van der Waals surface area contributed by atoms with Gasteiger partial charge in [-0.25, -0.2) is 19.3 Å². The van der Waals surface area contributed by atoms with E-state index in [0.29, 0.717) is 17.5 Å². The van der Waals surface area contributed by atoms with Crippen molar-refractivity contribution in [1.29, 1.82) is 0 Å². The molecule has 0 fully saturated rings. The number of aryl methyl sites for hydroxylation is 2. The molecule has 8 aromatic carbocycles. The Hall–Kier alpha value is -7.50. The molecule has 0 unspecified atom stereocenters. The third-order valence-corrected chi connectivity index (χ3v) is 11.0. The van der Waals surface area contributed by atoms with Gasteiger partial charge < -0.3 is 4.57 Å². The van der Waals surface area contributed by atoms with E-state index >= 15 is 0 Å². The van der Waals surface area contributed by atoms with Crippen LogP contribution in [0.25, 0.3) is 95.0 Å². The van der Waals surface area contributed by atoms with Gasteiger partial charge in [0.2, 0.25) is 0 Å². The topological polar surface area (TPSA) is 43.6 Å². The van der Waals surface area contributed by atoms with E-state index in [4.69, 9.17) is 15.0 Å². The highest BCUT2D eigenvalue weighted by Gasteiger charge is 2.20. The molecule has 10 rings (SSSR count). The average Bonchev–Trinajstić information content (AvgIpc) is 3.60. The van der Waals surface area contributed by atoms with E-state index in [-0.39, 0.29) is 5.82 Å². The summed E-state index contributed by atoms with van der Waals surface area (Å²) >= 11 is 0. The van der Waals surface area contributed by atoms with Gasteiger partial charge in [0.25, 0.3) is 0 Å². The average molecular weight is 749 g/mol. The fourth-order valence-corrected chi connectivity index (χ4v) is 8.12. The molecule has 0 N–H and O–H groups in total. The highest BCUT2D eigenvalue weighted by atomic mass is 19.1. The number of hydrogen-bond donors (Lipinski definition) is 0. The summed E-state index contributed by atoms with van der Waals surface area (Å²) in [4.78, 5) is 15.3. The molecule has 0 aliphatic carbocycles. The van der Waals surface area contributed by atoms with Crippen molar-refractivity contribution in [3.8, 4) is 73.2 Å². The molecule has 2 heterocycles. The van der Waals surface area contributed by atoms with E-state index < -0.39 is 0 Å². The zero-order chi connectivity index (χ0) is 39.2. The molecule has 4 nitrogen and oxygen atoms in total. The number of nitrogens with zero attached hydrogens (tertiary/aromatic N) is 4. The maximum Gasteiger partial charge on any atom is 0.164 e. The highest BCUT2D eigenvalue weighted by Crippen LogP contribution is 2.40. The van der Waals surface area contributed by atoms with E-state index in [0.717, 1.165) is 66.4 Å². The molecule has 5 heteroatoms. The molecule has 0 radical (unpaired) electrons. The zero-order valence-electron chi connectivity index (χ0n) is 32.1. The number of halogens is 1. The van der Waals surface area contributed by atoms with Crippen molar-refractivity contribution in [2.24, 2.45) is 0 Å². The van der Waals surface area contributed by atoms with Crippen LogP contribution in [0.4, 0.5) is 4.39 Å². The van der Waals surface area contributed by atoms with Gasteiger partial charge in [-0.2, -0.15) is 0 Å². The summed E-state index contributed by atoms with van der Waals surface area (Å²) < 4.78 is 17.3. The summed E-state index contributed by atoms with van der Waals surface area (Å²) in [6.07, 6.45) is 0. The minimum absolute atomic E-state index is 0.312. The van der Waals surface area contributed by atoms with Crippen LogP contribution in [-0.4, -0.2) is 19.5 Å². The fourth-order valence-electron chi connectivity index (χ4n) is 8.12. The van der Waals surface area contributed by atoms with Crippen molar-refractivity contribution >= 4 is 21.8 Å². The largest absolute Gasteiger partial charge is 0.309 e. The lowest BCUT2D eigenvalue weighted by molar-refractivity contribution is 0.628. The van der Waals surface area contributed by atoms with Crippen molar-refractivity contribution in [2.45, 2.75) is 13.8 Å². The van der Waals surface area contributed by atoms with Crippen LogP contribution in [-0.2, 0) is 0 Å². The van der Waals surface area contributed by atoms with Crippen molar-refractivity contribution in [3.05, 3.63) is 205 Å². The Labute approximate surface area is 336 Å². The fraction of sp³-hybridized carbons (Fsp3) is 0.0377. The Balaban J connectivity index is 1.28. The van der Waals surface area contributed by atoms with E-state index in [9.17, 15) is 4.39 Å². The lowest BCUT2D eigenvalue weighted by Crippen LogP contribution is -2.02. The summed E-state index contributed by atoms with van der Waals surface area (Å²) in [5, 5.41) is 2.30. The van der Waals surface area contributed by atoms with E-state index in [1.807, 2.05) is 66.7 Å². The van der Waals surface area contributed by atoms with Gasteiger partial charge >= 0.3 is 0 Å². The molecule has 10 aromatic rings. The standard InChI is InChI=1S/C53H37FN4/c1-34-14-9-11-22-43(34)39-24-27-46-47-28-25-40(44-23-12-10-15-35(44)2)32-50(47)58(49(46)31-39)42-26-29-45(38-20-13-21-41(54)30-38)48(33-42)53-56-51(36-16-5-3-6-17-36)55-52(57-53)37-18-7-4-8-19-37/h3-33H,1-2H3. The predicted octanol–water partition coefficient (Wildman–Crippen LogP) is 13.7. The second kappa shape index (κ2) is 14.5. The van der Waals surface area contributed by atoms with Crippen LogP contribution in [0, 0.1) is 19.7 Å². The molecule has 0 aliphatic rings. The lowest BCUT2D eigenvalue weighted by Gasteiger charge is -2.16. The second-order valence-corrected chi connectivity index (χ2v) is 14.7. The quantitative estimate of drug-likeness (QED) is 0.163. The maximum atomic E-state index is 15.0. The first-order valence-corrected chi connectivity index (χ1v) is 19.5. The minimum Gasteiger partial charge on any atom is -0.309 e. The molecular formula is C53H37FN4. The third-order valence-electron chi connectivity index (χ3n) is 11.0. The molecule has 0 saturated heterocycles. The molecule has 0 aliphatic heterocycles. The van der Waals surface area contributed by atoms with Crippen LogP contribution in [0.5, 0.6) is 0 Å². The minimum atomic E-state index is -0.312. The van der Waals surface area contributed by atoms with E-state index in [2.05, 4.69) is 122 Å². The number of rotatable bonds is 7. The van der Waals surface area contributed by atoms with Gasteiger partial charge in [-0.1, -0.05) is 152 Å². The maximum absolute atomic E-state index is 15.0. The Morgan fingerprint density at radius 1 is 0.362 bits per heavy atom. The molecule has 2 aromatic heterocycles. The monoisotopic (exact) mass is 748 g/mol. The van der Waals surface area contributed by atoms with Gasteiger partial charge in [-0.05, 0) is 94.8 Å². The Kier molecular flexibility index (Phi) is 8.76. The van der Waals surface area contributed by atoms with Gasteiger partial charge in [0.05, 0.1) is 11.0 Å². The van der Waals surface area contributed by atoms with Crippen LogP contribution in [0.2, 0.25) is 0 Å². The molecule has 0 bridgehead atoms. The summed E-state index contributed by atoms with van der Waals surface area (Å²) in [6.45, 7) is 4.31. The third kappa shape index (κ3) is 6.33. The summed E-state index contributed by atoms with van der Waals surface area (Å²) in [5.41, 5.74) is 14.2. The molecular weight excluding hydrogens is 712 g/mol. The first-order chi connectivity index (χ1) is 28.5. The Bertz CT molecular complexity index is 2990. The SMILES string of the molecule is Cc1ccccc1-c1ccc2c3ccc(-c4ccccc4C)cc3n(-c3ccc(-c4cccc(F)c4)c(-c4nc(-c5ccccc5)nc(-c5ccccc5)n4)c3)c2c1. The first kappa shape index (κ1) is 35.0. The number of benzene rings is 8. The summed E-state index contributed by atoms with van der Waals surface area (Å²) in [5.74, 6) is 1.30. The van der Waals surface area contributed by atoms with Crippen LogP contribution < -0.4 is 0 Å². The summed E-state index contributed by atoms with van der Waals surface area (Å²) in [7, 11) is 0. The van der Waals surface area contributed by atoms with Crippen molar-refractivity contribution in [1.82, 2.24) is 19.5 Å². The Morgan fingerprint density at radius 2 is 0.845 bits per heavy atom. The van der Waals surface area contributed by atoms with Crippen molar-refractivity contribution in [2.75, 3.05) is 0 Å². The van der Waals surface area contributed by atoms with E-state index in [1.54, 1.807) is 12.1 Å². The molecule has 0 saturated carbocycles. The number of fused-ring (bicyclic) bond motifs is 3. The molecule has 58 heavy (non-hydrogen) atoms. The van der Waals surface area contributed by atoms with Crippen LogP contribution in [0.1, 0.15) is 11.1 Å². The van der Waals surface area contributed by atoms with Gasteiger partial charge in [0, 0.05) is 33.2 Å². The second-order valence-electron chi connectivity index (χ2n) is 14.7. The normalized spacial score (nSPS) is 11.4. The van der Waals surface area contributed by atoms with Gasteiger partial charge in [-0.15, -0.1) is 0 Å². The smallest absolute Gasteiger partial charge is 0.164 e. The van der Waals surface area contributed by atoms with Crippen LogP contribution in [0.3, 0.4) is 0 Å². The number of aromatic nitrogens is 4. The van der Waals surface area contributed by atoms with Crippen LogP contribution in [0.15, 0.2) is 188 Å². The molecule has 0 atom stereocenters. The highest BCUT2D eigenvalue weighted by molar-refractivity contribution is 6.11. The predicted molar refractivity (Wildman–Crippen MR) is 236 cm³/mol. The van der Waals surface area contributed by atoms with Crippen molar-refractivity contribution in [3.63, 3.8) is 0 Å². The van der Waals surface area contributed by atoms with Gasteiger partial charge in [-0.3, -0.25) is 0 Å². The molecule has 276 valence electrons. The lowest BCUT2D eigenvalue weighted by atomic mass is 9.97. The zero-order valence-corrected chi connectivity index (χ0v) is 32.1. The van der Waals surface area contributed by atoms with E-state index in [1.165, 1.54) is 28.3 Å².